The molecule has 0 unspecified atom stereocenters. The van der Waals surface area contributed by atoms with Crippen molar-refractivity contribution in [2.75, 3.05) is 0 Å². The maximum Gasteiger partial charge on any atom is 0.257 e. The van der Waals surface area contributed by atoms with Crippen LogP contribution in [0, 0.1) is 6.92 Å². The van der Waals surface area contributed by atoms with Crippen LogP contribution in [-0.4, -0.2) is 20.4 Å². The van der Waals surface area contributed by atoms with Gasteiger partial charge in [-0.3, -0.25) is 4.79 Å². The number of rotatable bonds is 4. The van der Waals surface area contributed by atoms with Crippen molar-refractivity contribution in [1.82, 2.24) is 19.9 Å². The molecule has 1 N–H and O–H groups in total. The second kappa shape index (κ2) is 6.16. The summed E-state index contributed by atoms with van der Waals surface area (Å²) < 4.78 is 8.14. The fraction of sp³-hybridized carbons (Fsp3) is 0.312. The lowest BCUT2D eigenvalue weighted by Crippen LogP contribution is -2.24. The van der Waals surface area contributed by atoms with E-state index in [0.29, 0.717) is 23.6 Å². The van der Waals surface area contributed by atoms with Crippen molar-refractivity contribution in [3.63, 3.8) is 0 Å². The van der Waals surface area contributed by atoms with Gasteiger partial charge in [-0.25, -0.2) is 4.98 Å². The number of halogens is 1. The molecule has 0 aliphatic heterocycles. The van der Waals surface area contributed by atoms with E-state index < -0.39 is 0 Å². The van der Waals surface area contributed by atoms with Crippen molar-refractivity contribution in [1.29, 1.82) is 0 Å². The zero-order chi connectivity index (χ0) is 16.6. The topological polar surface area (TPSA) is 72.4 Å². The van der Waals surface area contributed by atoms with Gasteiger partial charge in [0.05, 0.1) is 17.9 Å². The monoisotopic (exact) mass is 376 g/mol. The highest BCUT2D eigenvalue weighted by Crippen LogP contribution is 2.22. The molecule has 3 heterocycles. The summed E-state index contributed by atoms with van der Waals surface area (Å²) in [6, 6.07) is 3.84. The highest BCUT2D eigenvalue weighted by Gasteiger charge is 2.22. The Balaban J connectivity index is 1.77. The molecule has 0 saturated heterocycles. The Hall–Kier alpha value is -2.15. The first-order valence-electron chi connectivity index (χ1n) is 7.33. The van der Waals surface area contributed by atoms with Crippen LogP contribution in [-0.2, 0) is 6.54 Å². The number of fused-ring (bicyclic) bond motifs is 1. The molecule has 0 aliphatic carbocycles. The van der Waals surface area contributed by atoms with E-state index in [9.17, 15) is 4.79 Å². The maximum atomic E-state index is 12.4. The van der Waals surface area contributed by atoms with E-state index in [1.54, 1.807) is 6.92 Å². The number of hydrogen-bond donors (Lipinski definition) is 1. The van der Waals surface area contributed by atoms with Gasteiger partial charge in [0.15, 0.2) is 5.76 Å². The number of carbonyl (C=O) groups excluding carboxylic acids is 1. The number of carbonyl (C=O) groups is 1. The first kappa shape index (κ1) is 15.7. The summed E-state index contributed by atoms with van der Waals surface area (Å²) >= 11 is 3.42. The Morgan fingerprint density at radius 1 is 1.39 bits per heavy atom. The van der Waals surface area contributed by atoms with Gasteiger partial charge in [0.2, 0.25) is 0 Å². The van der Waals surface area contributed by atoms with Gasteiger partial charge in [0.1, 0.15) is 11.2 Å². The zero-order valence-corrected chi connectivity index (χ0v) is 14.7. The Morgan fingerprint density at radius 3 is 2.91 bits per heavy atom. The van der Waals surface area contributed by atoms with E-state index in [4.69, 9.17) is 4.52 Å². The van der Waals surface area contributed by atoms with Gasteiger partial charge < -0.3 is 14.2 Å². The summed E-state index contributed by atoms with van der Waals surface area (Å²) in [5, 5.41) is 6.78. The Morgan fingerprint density at radius 2 is 2.17 bits per heavy atom. The molecule has 0 saturated carbocycles. The summed E-state index contributed by atoms with van der Waals surface area (Å²) in [5.41, 5.74) is 2.75. The third-order valence-electron chi connectivity index (χ3n) is 3.54. The Bertz CT molecular complexity index is 866. The molecule has 0 atom stereocenters. The van der Waals surface area contributed by atoms with Crippen LogP contribution in [0.4, 0.5) is 0 Å². The van der Waals surface area contributed by atoms with Crippen molar-refractivity contribution in [2.45, 2.75) is 33.2 Å². The van der Waals surface area contributed by atoms with E-state index in [1.165, 1.54) is 0 Å². The maximum absolute atomic E-state index is 12.4. The molecule has 6 nitrogen and oxygen atoms in total. The van der Waals surface area contributed by atoms with Crippen molar-refractivity contribution >= 4 is 27.5 Å². The van der Waals surface area contributed by atoms with Crippen molar-refractivity contribution < 1.29 is 9.32 Å². The second-order valence-corrected chi connectivity index (χ2v) is 6.61. The lowest BCUT2D eigenvalue weighted by molar-refractivity contribution is 0.0947. The molecule has 0 spiro atoms. The van der Waals surface area contributed by atoms with Crippen LogP contribution < -0.4 is 5.32 Å². The molecule has 3 rings (SSSR count). The predicted octanol–water partition coefficient (Wildman–Crippen LogP) is 3.45. The van der Waals surface area contributed by atoms with Crippen molar-refractivity contribution in [2.24, 2.45) is 0 Å². The Labute approximate surface area is 142 Å². The van der Waals surface area contributed by atoms with Crippen LogP contribution in [0.5, 0.6) is 0 Å². The van der Waals surface area contributed by atoms with Gasteiger partial charge in [-0.1, -0.05) is 19.0 Å². The quantitative estimate of drug-likeness (QED) is 0.756. The minimum absolute atomic E-state index is 0.101. The molecule has 120 valence electrons. The molecule has 7 heteroatoms. The molecule has 0 radical (unpaired) electrons. The predicted molar refractivity (Wildman–Crippen MR) is 89.4 cm³/mol. The van der Waals surface area contributed by atoms with Gasteiger partial charge in [0.25, 0.3) is 5.91 Å². The average Bonchev–Trinajstić information content (AvgIpc) is 3.07. The molecule has 1 amide bonds. The number of aryl methyl sites for hydroxylation is 1. The van der Waals surface area contributed by atoms with Gasteiger partial charge >= 0.3 is 0 Å². The third kappa shape index (κ3) is 3.14. The highest BCUT2D eigenvalue weighted by atomic mass is 79.9. The minimum atomic E-state index is -0.189. The Kier molecular flexibility index (Phi) is 4.21. The van der Waals surface area contributed by atoms with Crippen LogP contribution in [0.1, 0.15) is 47.3 Å². The van der Waals surface area contributed by atoms with Gasteiger partial charge in [-0.05, 0) is 35.0 Å². The van der Waals surface area contributed by atoms with Crippen LogP contribution in [0.2, 0.25) is 0 Å². The van der Waals surface area contributed by atoms with Gasteiger partial charge in [-0.15, -0.1) is 0 Å². The number of pyridine rings is 1. The number of nitrogens with one attached hydrogen (secondary N) is 1. The van der Waals surface area contributed by atoms with Crippen LogP contribution in [0.25, 0.3) is 5.65 Å². The van der Waals surface area contributed by atoms with Crippen LogP contribution in [0.3, 0.4) is 0 Å². The minimum Gasteiger partial charge on any atom is -0.360 e. The third-order valence-corrected chi connectivity index (χ3v) is 4.00. The molecule has 0 aromatic carbocycles. The molecule has 23 heavy (non-hydrogen) atoms. The summed E-state index contributed by atoms with van der Waals surface area (Å²) in [5.74, 6) is 0.522. The molecule has 0 bridgehead atoms. The van der Waals surface area contributed by atoms with Crippen LogP contribution >= 0.6 is 15.9 Å². The first-order chi connectivity index (χ1) is 11.0. The number of nitrogens with zero attached hydrogens (tertiary/aromatic N) is 3. The van der Waals surface area contributed by atoms with Crippen molar-refractivity contribution in [3.05, 3.63) is 51.7 Å². The smallest absolute Gasteiger partial charge is 0.257 e. The van der Waals surface area contributed by atoms with E-state index in [1.807, 2.05) is 42.8 Å². The van der Waals surface area contributed by atoms with Gasteiger partial charge in [-0.2, -0.15) is 0 Å². The van der Waals surface area contributed by atoms with Crippen LogP contribution in [0.15, 0.2) is 33.5 Å². The molecule has 0 aliphatic rings. The van der Waals surface area contributed by atoms with E-state index in [0.717, 1.165) is 15.8 Å². The first-order valence-corrected chi connectivity index (χ1v) is 8.12. The van der Waals surface area contributed by atoms with Crippen molar-refractivity contribution in [3.8, 4) is 0 Å². The van der Waals surface area contributed by atoms with E-state index in [-0.39, 0.29) is 11.8 Å². The second-order valence-electron chi connectivity index (χ2n) is 5.69. The number of amides is 1. The SMILES string of the molecule is Cc1noc(C(C)C)c1C(=O)NCc1cn2cc(Br)ccc2n1. The summed E-state index contributed by atoms with van der Waals surface area (Å²) in [7, 11) is 0. The average molecular weight is 377 g/mol. The summed E-state index contributed by atoms with van der Waals surface area (Å²) in [6.07, 6.45) is 3.82. The zero-order valence-electron chi connectivity index (χ0n) is 13.1. The molecule has 3 aromatic rings. The fourth-order valence-electron chi connectivity index (χ4n) is 2.42. The normalized spacial score (nSPS) is 11.3. The molecule has 0 fully saturated rings. The standard InChI is InChI=1S/C16H17BrN4O2/c1-9(2)15-14(10(3)20-23-15)16(22)18-6-12-8-21-7-11(17)4-5-13(21)19-12/h4-5,7-9H,6H2,1-3H3,(H,18,22). The molecular weight excluding hydrogens is 360 g/mol. The summed E-state index contributed by atoms with van der Waals surface area (Å²) in [6.45, 7) is 6.06. The number of imidazole rings is 1. The summed E-state index contributed by atoms with van der Waals surface area (Å²) in [4.78, 5) is 16.9. The fourth-order valence-corrected chi connectivity index (χ4v) is 2.77. The van der Waals surface area contributed by atoms with E-state index >= 15 is 0 Å². The molecule has 3 aromatic heterocycles. The van der Waals surface area contributed by atoms with Gasteiger partial charge in [0, 0.05) is 22.8 Å². The number of aromatic nitrogens is 3. The lowest BCUT2D eigenvalue weighted by Gasteiger charge is -2.05. The highest BCUT2D eigenvalue weighted by molar-refractivity contribution is 9.10. The lowest BCUT2D eigenvalue weighted by atomic mass is 10.0. The molecular formula is C16H17BrN4O2. The van der Waals surface area contributed by atoms with E-state index in [2.05, 4.69) is 31.4 Å². The number of hydrogen-bond acceptors (Lipinski definition) is 4. The largest absolute Gasteiger partial charge is 0.360 e.